The van der Waals surface area contributed by atoms with Gasteiger partial charge in [-0.2, -0.15) is 5.10 Å². The number of nitrogens with zero attached hydrogens (tertiary/aromatic N) is 3. The van der Waals surface area contributed by atoms with Gasteiger partial charge in [-0.15, -0.1) is 0 Å². The first-order valence-corrected chi connectivity index (χ1v) is 9.23. The summed E-state index contributed by atoms with van der Waals surface area (Å²) in [5, 5.41) is 14.8. The fraction of sp³-hybridized carbons (Fsp3) is 0.174. The first kappa shape index (κ1) is 17.3. The Hall–Kier alpha value is -3.11. The molecule has 1 aliphatic rings. The Kier molecular flexibility index (Phi) is 5.17. The van der Waals surface area contributed by atoms with Crippen molar-refractivity contribution in [2.45, 2.75) is 18.6 Å². The van der Waals surface area contributed by atoms with Gasteiger partial charge in [0.05, 0.1) is 18.3 Å². The van der Waals surface area contributed by atoms with E-state index in [2.05, 4.69) is 35.2 Å². The number of aliphatic hydroxyl groups excluding tert-OH is 1. The van der Waals surface area contributed by atoms with Gasteiger partial charge in [0.25, 0.3) is 0 Å². The standard InChI is InChI=1S/C23H23N3O/c27-18-21(17-19-9-3-1-4-10-19)25-15-8-7-13-23(25)26-16-14-22(24-26)20-11-5-2-6-12-20/h1-16,21,23,27H,17-18H2/t21-,23?/m0/s1. The molecule has 1 unspecified atom stereocenters. The van der Waals surface area contributed by atoms with Crippen molar-refractivity contribution in [3.8, 4) is 11.3 Å². The van der Waals surface area contributed by atoms with Gasteiger partial charge in [-0.1, -0.05) is 66.7 Å². The lowest BCUT2D eigenvalue weighted by molar-refractivity contribution is 0.110. The molecule has 27 heavy (non-hydrogen) atoms. The van der Waals surface area contributed by atoms with Crippen LogP contribution in [0.1, 0.15) is 11.7 Å². The Balaban J connectivity index is 1.58. The molecule has 1 aromatic heterocycles. The summed E-state index contributed by atoms with van der Waals surface area (Å²) in [4.78, 5) is 2.18. The van der Waals surface area contributed by atoms with E-state index in [1.807, 2.05) is 71.7 Å². The molecule has 0 fully saturated rings. The molecule has 4 rings (SSSR count). The van der Waals surface area contributed by atoms with Crippen molar-refractivity contribution in [2.75, 3.05) is 6.61 Å². The lowest BCUT2D eigenvalue weighted by atomic mass is 10.0. The van der Waals surface area contributed by atoms with Crippen molar-refractivity contribution in [2.24, 2.45) is 0 Å². The van der Waals surface area contributed by atoms with Gasteiger partial charge < -0.3 is 10.0 Å². The average Bonchev–Trinajstić information content (AvgIpc) is 3.24. The molecule has 0 saturated heterocycles. The van der Waals surface area contributed by atoms with Gasteiger partial charge in [0.1, 0.15) is 6.17 Å². The molecule has 0 saturated carbocycles. The average molecular weight is 357 g/mol. The molecule has 2 aromatic carbocycles. The zero-order chi connectivity index (χ0) is 18.5. The maximum atomic E-state index is 10.1. The van der Waals surface area contributed by atoms with Gasteiger partial charge in [0.2, 0.25) is 0 Å². The second-order valence-electron chi connectivity index (χ2n) is 6.66. The molecule has 4 nitrogen and oxygen atoms in total. The molecule has 0 radical (unpaired) electrons. The Morgan fingerprint density at radius 3 is 2.41 bits per heavy atom. The predicted octanol–water partition coefficient (Wildman–Crippen LogP) is 4.04. The molecular formula is C23H23N3O. The van der Waals surface area contributed by atoms with Crippen LogP contribution < -0.4 is 0 Å². The molecule has 2 atom stereocenters. The van der Waals surface area contributed by atoms with Crippen molar-refractivity contribution in [3.05, 3.63) is 103 Å². The van der Waals surface area contributed by atoms with Gasteiger partial charge >= 0.3 is 0 Å². The van der Waals surface area contributed by atoms with Crippen LogP contribution in [0.2, 0.25) is 0 Å². The Morgan fingerprint density at radius 2 is 1.67 bits per heavy atom. The number of hydrogen-bond donors (Lipinski definition) is 1. The molecular weight excluding hydrogens is 334 g/mol. The molecule has 136 valence electrons. The third-order valence-corrected chi connectivity index (χ3v) is 4.85. The van der Waals surface area contributed by atoms with Crippen LogP contribution in [0.4, 0.5) is 0 Å². The lowest BCUT2D eigenvalue weighted by Gasteiger charge is -2.36. The number of benzene rings is 2. The highest BCUT2D eigenvalue weighted by atomic mass is 16.3. The number of aliphatic hydroxyl groups is 1. The van der Waals surface area contributed by atoms with E-state index in [1.165, 1.54) is 5.56 Å². The van der Waals surface area contributed by atoms with Gasteiger partial charge in [-0.05, 0) is 30.2 Å². The molecule has 0 bridgehead atoms. The second kappa shape index (κ2) is 8.06. The topological polar surface area (TPSA) is 41.3 Å². The summed E-state index contributed by atoms with van der Waals surface area (Å²) in [6.45, 7) is 0.0797. The Bertz CT molecular complexity index is 915. The van der Waals surface area contributed by atoms with Crippen LogP contribution in [0.25, 0.3) is 11.3 Å². The summed E-state index contributed by atoms with van der Waals surface area (Å²) in [6.07, 6.45) is 10.9. The van der Waals surface area contributed by atoms with E-state index in [0.717, 1.165) is 17.7 Å². The monoisotopic (exact) mass is 357 g/mol. The van der Waals surface area contributed by atoms with Gasteiger partial charge in [-0.3, -0.25) is 0 Å². The van der Waals surface area contributed by atoms with Crippen LogP contribution >= 0.6 is 0 Å². The molecule has 2 heterocycles. The van der Waals surface area contributed by atoms with Crippen LogP contribution in [-0.2, 0) is 6.42 Å². The fourth-order valence-corrected chi connectivity index (χ4v) is 3.46. The third-order valence-electron chi connectivity index (χ3n) is 4.85. The molecule has 1 N–H and O–H groups in total. The first-order chi connectivity index (χ1) is 13.3. The van der Waals surface area contributed by atoms with Crippen molar-refractivity contribution in [1.29, 1.82) is 0 Å². The summed E-state index contributed by atoms with van der Waals surface area (Å²) >= 11 is 0. The third kappa shape index (κ3) is 3.86. The normalized spacial score (nSPS) is 17.2. The minimum Gasteiger partial charge on any atom is -0.394 e. The van der Waals surface area contributed by atoms with Crippen LogP contribution in [0.5, 0.6) is 0 Å². The van der Waals surface area contributed by atoms with Gasteiger partial charge in [0.15, 0.2) is 0 Å². The summed E-state index contributed by atoms with van der Waals surface area (Å²) in [5.74, 6) is 0. The van der Waals surface area contributed by atoms with Crippen LogP contribution in [-0.4, -0.2) is 32.4 Å². The molecule has 4 heteroatoms. The fourth-order valence-electron chi connectivity index (χ4n) is 3.46. The van der Waals surface area contributed by atoms with Crippen molar-refractivity contribution in [1.82, 2.24) is 14.7 Å². The quantitative estimate of drug-likeness (QED) is 0.724. The smallest absolute Gasteiger partial charge is 0.142 e. The highest BCUT2D eigenvalue weighted by molar-refractivity contribution is 5.58. The summed E-state index contributed by atoms with van der Waals surface area (Å²) in [6, 6.07) is 22.5. The highest BCUT2D eigenvalue weighted by Gasteiger charge is 2.25. The van der Waals surface area contributed by atoms with Crippen molar-refractivity contribution >= 4 is 0 Å². The summed E-state index contributed by atoms with van der Waals surface area (Å²) < 4.78 is 1.95. The lowest BCUT2D eigenvalue weighted by Crippen LogP contribution is -2.41. The number of rotatable bonds is 6. The molecule has 0 amide bonds. The zero-order valence-corrected chi connectivity index (χ0v) is 15.1. The Labute approximate surface area is 159 Å². The molecule has 1 aliphatic heterocycles. The number of allylic oxidation sites excluding steroid dienone is 2. The number of hydrogen-bond acceptors (Lipinski definition) is 3. The van der Waals surface area contributed by atoms with E-state index in [-0.39, 0.29) is 18.8 Å². The molecule has 0 aliphatic carbocycles. The SMILES string of the molecule is OC[C@H](Cc1ccccc1)N1C=CC=CC1n1ccc(-c2ccccc2)n1. The van der Waals surface area contributed by atoms with E-state index in [9.17, 15) is 5.11 Å². The van der Waals surface area contributed by atoms with E-state index >= 15 is 0 Å². The summed E-state index contributed by atoms with van der Waals surface area (Å²) in [5.41, 5.74) is 3.26. The maximum absolute atomic E-state index is 10.1. The van der Waals surface area contributed by atoms with E-state index < -0.39 is 0 Å². The van der Waals surface area contributed by atoms with Crippen molar-refractivity contribution < 1.29 is 5.11 Å². The maximum Gasteiger partial charge on any atom is 0.142 e. The van der Waals surface area contributed by atoms with E-state index in [0.29, 0.717) is 0 Å². The van der Waals surface area contributed by atoms with E-state index in [1.54, 1.807) is 0 Å². The van der Waals surface area contributed by atoms with Crippen LogP contribution in [0.15, 0.2) is 97.4 Å². The van der Waals surface area contributed by atoms with Crippen molar-refractivity contribution in [3.63, 3.8) is 0 Å². The van der Waals surface area contributed by atoms with Crippen LogP contribution in [0.3, 0.4) is 0 Å². The van der Waals surface area contributed by atoms with Gasteiger partial charge in [0, 0.05) is 18.0 Å². The highest BCUT2D eigenvalue weighted by Crippen LogP contribution is 2.25. The second-order valence-corrected chi connectivity index (χ2v) is 6.66. The number of aromatic nitrogens is 2. The van der Waals surface area contributed by atoms with E-state index in [4.69, 9.17) is 5.10 Å². The predicted molar refractivity (Wildman–Crippen MR) is 108 cm³/mol. The van der Waals surface area contributed by atoms with Gasteiger partial charge in [-0.25, -0.2) is 4.68 Å². The Morgan fingerprint density at radius 1 is 0.926 bits per heavy atom. The minimum absolute atomic E-state index is 0.0250. The molecule has 3 aromatic rings. The minimum atomic E-state index is -0.0617. The molecule has 0 spiro atoms. The van der Waals surface area contributed by atoms with Crippen LogP contribution in [0, 0.1) is 0 Å². The zero-order valence-electron chi connectivity index (χ0n) is 15.1. The largest absolute Gasteiger partial charge is 0.394 e. The first-order valence-electron chi connectivity index (χ1n) is 9.23. The summed E-state index contributed by atoms with van der Waals surface area (Å²) in [7, 11) is 0.